The molecule has 16 N–H and O–H groups in total. The summed E-state index contributed by atoms with van der Waals surface area (Å²) in [6, 6.07) is 2.80. The van der Waals surface area contributed by atoms with Crippen molar-refractivity contribution < 1.29 is 68.5 Å². The number of benzene rings is 1. The third kappa shape index (κ3) is 7.56. The first-order valence-electron chi connectivity index (χ1n) is 16.5. The van der Waals surface area contributed by atoms with Gasteiger partial charge in [-0.1, -0.05) is 23.7 Å². The molecule has 4 aliphatic heterocycles. The van der Waals surface area contributed by atoms with E-state index >= 15 is 0 Å². The molecular formula is C30H48ClN5O14. The predicted octanol–water partition coefficient (Wildman–Crippen LogP) is -5.45. The molecule has 1 saturated carbocycles. The Morgan fingerprint density at radius 1 is 0.720 bits per heavy atom. The van der Waals surface area contributed by atoms with Crippen molar-refractivity contribution in [1.29, 1.82) is 0 Å². The number of aliphatic hydroxyl groups is 6. The van der Waals surface area contributed by atoms with E-state index in [1.165, 1.54) is 0 Å². The highest BCUT2D eigenvalue weighted by molar-refractivity contribution is 6.30. The lowest BCUT2D eigenvalue weighted by Crippen LogP contribution is -2.69. The average Bonchev–Trinajstić information content (AvgIpc) is 3.40. The van der Waals surface area contributed by atoms with Crippen LogP contribution in [0.25, 0.3) is 0 Å². The summed E-state index contributed by atoms with van der Waals surface area (Å²) in [5, 5.41) is 64.8. The largest absolute Gasteiger partial charge is 0.394 e. The highest BCUT2D eigenvalue weighted by Crippen LogP contribution is 2.37. The van der Waals surface area contributed by atoms with E-state index < -0.39 is 129 Å². The van der Waals surface area contributed by atoms with Crippen LogP contribution in [-0.2, 0) is 37.9 Å². The van der Waals surface area contributed by atoms with Crippen molar-refractivity contribution in [3.05, 3.63) is 34.9 Å². The Balaban J connectivity index is 1.14. The van der Waals surface area contributed by atoms with Crippen LogP contribution in [0.3, 0.4) is 0 Å². The fourth-order valence-electron chi connectivity index (χ4n) is 7.03. The molecule has 2 unspecified atom stereocenters. The molecule has 6 rings (SSSR count). The minimum absolute atomic E-state index is 0.0120. The minimum Gasteiger partial charge on any atom is -0.394 e. The second-order valence-electron chi connectivity index (χ2n) is 13.3. The number of halogens is 1. The van der Waals surface area contributed by atoms with Gasteiger partial charge in [-0.15, -0.1) is 0 Å². The van der Waals surface area contributed by atoms with Crippen LogP contribution in [0.4, 0.5) is 0 Å². The molecule has 0 radical (unpaired) electrons. The SMILES string of the molecule is NCC1O[C@H](O[C@H]2[C@@H](O)[C@H](O[C@@H]3[C@@H](O)[C@H](N)C[C@H](N)[C@@H]3O[C@H]3O[C@@H]4COC(c5cccc(Cl)c5)O[C@H]4[C@H](O)[C@H]3N)O[C@@H]2CO)[C@H](N)[C@@H](O)[C@@H]1O. The first-order valence-corrected chi connectivity index (χ1v) is 16.9. The van der Waals surface area contributed by atoms with Crippen molar-refractivity contribution in [2.45, 2.75) is 129 Å². The Hall–Kier alpha value is -1.25. The van der Waals surface area contributed by atoms with Gasteiger partial charge in [0.15, 0.2) is 25.2 Å². The van der Waals surface area contributed by atoms with Gasteiger partial charge in [0.2, 0.25) is 0 Å². The van der Waals surface area contributed by atoms with Gasteiger partial charge >= 0.3 is 0 Å². The molecule has 0 spiro atoms. The van der Waals surface area contributed by atoms with Crippen LogP contribution in [0.2, 0.25) is 5.02 Å². The lowest BCUT2D eigenvalue weighted by Gasteiger charge is -2.49. The molecule has 284 valence electrons. The molecule has 5 fully saturated rings. The summed E-state index contributed by atoms with van der Waals surface area (Å²) in [5.74, 6) is 0. The molecule has 20 heteroatoms. The molecule has 19 nitrogen and oxygen atoms in total. The number of fused-ring (bicyclic) bond motifs is 1. The third-order valence-electron chi connectivity index (χ3n) is 9.92. The van der Waals surface area contributed by atoms with E-state index in [0.717, 1.165) is 0 Å². The summed E-state index contributed by atoms with van der Waals surface area (Å²) in [6.07, 6.45) is -19.7. The Labute approximate surface area is 292 Å². The van der Waals surface area contributed by atoms with Crippen LogP contribution in [0.5, 0.6) is 0 Å². The fourth-order valence-corrected chi connectivity index (χ4v) is 7.23. The molecule has 0 amide bonds. The van der Waals surface area contributed by atoms with Crippen molar-refractivity contribution >= 4 is 11.6 Å². The van der Waals surface area contributed by atoms with E-state index in [-0.39, 0.29) is 19.6 Å². The summed E-state index contributed by atoms with van der Waals surface area (Å²) in [4.78, 5) is 0. The summed E-state index contributed by atoms with van der Waals surface area (Å²) < 4.78 is 47.5. The normalized spacial score (nSPS) is 49.8. The van der Waals surface area contributed by atoms with Gasteiger partial charge in [-0.25, -0.2) is 0 Å². The van der Waals surface area contributed by atoms with E-state index in [1.807, 2.05) is 0 Å². The maximum absolute atomic E-state index is 11.3. The molecule has 5 aliphatic rings. The summed E-state index contributed by atoms with van der Waals surface area (Å²) in [6.45, 7) is -0.797. The molecule has 0 aromatic heterocycles. The molecular weight excluding hydrogens is 690 g/mol. The highest BCUT2D eigenvalue weighted by atomic mass is 35.5. The van der Waals surface area contributed by atoms with Crippen LogP contribution < -0.4 is 28.7 Å². The average molecular weight is 738 g/mol. The first-order chi connectivity index (χ1) is 23.8. The van der Waals surface area contributed by atoms with Crippen molar-refractivity contribution in [2.75, 3.05) is 19.8 Å². The maximum Gasteiger partial charge on any atom is 0.187 e. The Bertz CT molecular complexity index is 1280. The highest BCUT2D eigenvalue weighted by Gasteiger charge is 2.55. The lowest BCUT2D eigenvalue weighted by molar-refractivity contribution is -0.356. The molecule has 1 aliphatic carbocycles. The smallest absolute Gasteiger partial charge is 0.187 e. The fraction of sp³-hybridized carbons (Fsp3) is 0.800. The van der Waals surface area contributed by atoms with Crippen molar-refractivity contribution in [2.24, 2.45) is 28.7 Å². The summed E-state index contributed by atoms with van der Waals surface area (Å²) in [5.41, 5.74) is 31.4. The number of aliphatic hydroxyl groups excluding tert-OH is 6. The predicted molar refractivity (Wildman–Crippen MR) is 168 cm³/mol. The van der Waals surface area contributed by atoms with Gasteiger partial charge in [-0.05, 0) is 18.6 Å². The van der Waals surface area contributed by atoms with E-state index in [1.54, 1.807) is 24.3 Å². The molecule has 4 saturated heterocycles. The van der Waals surface area contributed by atoms with E-state index in [4.69, 9.17) is 78.2 Å². The van der Waals surface area contributed by atoms with Crippen molar-refractivity contribution in [3.63, 3.8) is 0 Å². The number of nitrogens with two attached hydrogens (primary N) is 5. The van der Waals surface area contributed by atoms with Crippen LogP contribution in [0, 0.1) is 0 Å². The summed E-state index contributed by atoms with van der Waals surface area (Å²) >= 11 is 6.12. The number of rotatable bonds is 9. The monoisotopic (exact) mass is 737 g/mol. The van der Waals surface area contributed by atoms with Gasteiger partial charge in [-0.3, -0.25) is 0 Å². The second-order valence-corrected chi connectivity index (χ2v) is 13.8. The van der Waals surface area contributed by atoms with Gasteiger partial charge in [0.25, 0.3) is 0 Å². The molecule has 1 aromatic rings. The minimum atomic E-state index is -1.61. The topological polar surface area (TPSA) is 325 Å². The van der Waals surface area contributed by atoms with Crippen LogP contribution in [0.1, 0.15) is 18.3 Å². The second kappa shape index (κ2) is 16.0. The lowest BCUT2D eigenvalue weighted by atomic mass is 9.84. The zero-order valence-corrected chi connectivity index (χ0v) is 27.7. The van der Waals surface area contributed by atoms with Crippen LogP contribution in [-0.4, -0.2) is 167 Å². The number of hydrogen-bond acceptors (Lipinski definition) is 19. The van der Waals surface area contributed by atoms with Crippen molar-refractivity contribution in [3.8, 4) is 0 Å². The molecule has 4 heterocycles. The van der Waals surface area contributed by atoms with Crippen LogP contribution >= 0.6 is 11.6 Å². The van der Waals surface area contributed by atoms with Gasteiger partial charge in [0, 0.05) is 29.2 Å². The van der Waals surface area contributed by atoms with E-state index in [0.29, 0.717) is 10.6 Å². The number of hydrogen-bond donors (Lipinski definition) is 11. The molecule has 50 heavy (non-hydrogen) atoms. The van der Waals surface area contributed by atoms with Crippen LogP contribution in [0.15, 0.2) is 24.3 Å². The molecule has 1 aromatic carbocycles. The number of ether oxygens (including phenoxy) is 8. The molecule has 0 bridgehead atoms. The van der Waals surface area contributed by atoms with Crippen molar-refractivity contribution in [1.82, 2.24) is 0 Å². The van der Waals surface area contributed by atoms with E-state index in [9.17, 15) is 30.6 Å². The zero-order valence-electron chi connectivity index (χ0n) is 26.9. The maximum atomic E-state index is 11.3. The zero-order chi connectivity index (χ0) is 36.0. The molecule has 20 atom stereocenters. The summed E-state index contributed by atoms with van der Waals surface area (Å²) in [7, 11) is 0. The van der Waals surface area contributed by atoms with Gasteiger partial charge < -0.3 is 97.2 Å². The Kier molecular flexibility index (Phi) is 12.3. The first kappa shape index (κ1) is 38.5. The van der Waals surface area contributed by atoms with E-state index in [2.05, 4.69) is 0 Å². The van der Waals surface area contributed by atoms with Gasteiger partial charge in [0.05, 0.1) is 31.4 Å². The Morgan fingerprint density at radius 3 is 2.08 bits per heavy atom. The third-order valence-corrected chi connectivity index (χ3v) is 10.2. The van der Waals surface area contributed by atoms with Gasteiger partial charge in [-0.2, -0.15) is 0 Å². The standard InChI is InChI=1S/C30H48ClN5O14/c31-10-3-1-2-9(4-10)27-43-8-15-25(48-27)21(41)17(36)29(46-15)47-23-12(34)5-11(33)18(38)26(23)50-30-22(42)24(14(7-37)45-30)49-28-16(35)20(40)19(39)13(6-32)44-28/h1-4,11-30,37-42H,5-8,32-36H2/t11-,12+,13?,14-,15-,16-,17-,18+,19-,20-,21-,22-,23+,24-,25-,26-,27?,28-,29-,30+/m1/s1. The Morgan fingerprint density at radius 2 is 1.38 bits per heavy atom. The quantitative estimate of drug-likeness (QED) is 0.113. The van der Waals surface area contributed by atoms with Gasteiger partial charge in [0.1, 0.15) is 67.1 Å².